The number of fused-ring (bicyclic) bond motifs is 3. The van der Waals surface area contributed by atoms with Crippen molar-refractivity contribution in [3.05, 3.63) is 39.8 Å². The number of pyridine rings is 1. The van der Waals surface area contributed by atoms with Crippen LogP contribution in [0, 0.1) is 11.8 Å². The normalized spacial score (nSPS) is 28.5. The van der Waals surface area contributed by atoms with E-state index in [9.17, 15) is 27.9 Å². The lowest BCUT2D eigenvalue weighted by Gasteiger charge is -2.34. The van der Waals surface area contributed by atoms with E-state index in [1.54, 1.807) is 40.7 Å². The highest BCUT2D eigenvalue weighted by Crippen LogP contribution is 2.49. The molecule has 1 aromatic rings. The number of hydrogen-bond acceptors (Lipinski definition) is 4. The van der Waals surface area contributed by atoms with Crippen molar-refractivity contribution in [2.75, 3.05) is 13.2 Å². The number of aromatic nitrogens is 1. The fraction of sp³-hybridized carbons (Fsp3) is 0.636. The van der Waals surface area contributed by atoms with Crippen LogP contribution < -0.4 is 10.9 Å². The first-order valence-electron chi connectivity index (χ1n) is 10.9. The molecule has 4 rings (SSSR count). The van der Waals surface area contributed by atoms with Gasteiger partial charge in [-0.1, -0.05) is 12.2 Å². The minimum atomic E-state index is -4.37. The largest absolute Gasteiger partial charge is 0.396 e. The number of hydrogen-bond donors (Lipinski definition) is 2. The summed E-state index contributed by atoms with van der Waals surface area (Å²) < 4.78 is 40.9. The molecule has 9 heteroatoms. The number of aliphatic hydroxyl groups excluding tert-OH is 1. The van der Waals surface area contributed by atoms with Crippen LogP contribution in [0.4, 0.5) is 13.2 Å². The van der Waals surface area contributed by atoms with Gasteiger partial charge in [0.15, 0.2) is 0 Å². The van der Waals surface area contributed by atoms with Gasteiger partial charge in [0.1, 0.15) is 0 Å². The maximum atomic E-state index is 13.1. The Balaban J connectivity index is 1.70. The molecule has 1 aromatic heterocycles. The quantitative estimate of drug-likeness (QED) is 0.714. The zero-order chi connectivity index (χ0) is 22.3. The third kappa shape index (κ3) is 4.05. The van der Waals surface area contributed by atoms with Crippen LogP contribution in [-0.4, -0.2) is 51.9 Å². The molecule has 1 saturated heterocycles. The Morgan fingerprint density at radius 2 is 2.06 bits per heavy atom. The van der Waals surface area contributed by atoms with Crippen molar-refractivity contribution in [1.82, 2.24) is 14.8 Å². The second-order valence-electron chi connectivity index (χ2n) is 8.77. The minimum Gasteiger partial charge on any atom is -0.396 e. The van der Waals surface area contributed by atoms with Gasteiger partial charge in [0.2, 0.25) is 5.91 Å². The van der Waals surface area contributed by atoms with E-state index in [1.807, 2.05) is 0 Å². The summed E-state index contributed by atoms with van der Waals surface area (Å²) in [6, 6.07) is 2.14. The number of carbonyl (C=O) groups excluding carboxylic acids is 1. The van der Waals surface area contributed by atoms with Gasteiger partial charge in [-0.2, -0.15) is 13.2 Å². The van der Waals surface area contributed by atoms with Crippen molar-refractivity contribution >= 4 is 12.0 Å². The first-order valence-corrected chi connectivity index (χ1v) is 10.9. The molecule has 2 N–H and O–H groups in total. The van der Waals surface area contributed by atoms with Crippen molar-refractivity contribution in [2.24, 2.45) is 11.8 Å². The van der Waals surface area contributed by atoms with E-state index in [2.05, 4.69) is 5.32 Å². The summed E-state index contributed by atoms with van der Waals surface area (Å²) in [6.07, 6.45) is 0.786. The molecule has 0 unspecified atom stereocenters. The Bertz CT molecular complexity index is 923. The van der Waals surface area contributed by atoms with Gasteiger partial charge in [-0.25, -0.2) is 0 Å². The molecule has 31 heavy (non-hydrogen) atoms. The molecular formula is C22H28F3N3O3. The molecule has 0 aromatic carbocycles. The Labute approximate surface area is 178 Å². The summed E-state index contributed by atoms with van der Waals surface area (Å²) in [6.45, 7) is 1.41. The molecule has 6 nitrogen and oxygen atoms in total. The summed E-state index contributed by atoms with van der Waals surface area (Å²) in [7, 11) is 0. The highest BCUT2D eigenvalue weighted by molar-refractivity contribution is 5.83. The summed E-state index contributed by atoms with van der Waals surface area (Å²) >= 11 is 0. The molecule has 1 amide bonds. The molecule has 0 bridgehead atoms. The minimum absolute atomic E-state index is 0.0510. The number of alkyl halides is 3. The van der Waals surface area contributed by atoms with Crippen LogP contribution in [0.3, 0.4) is 0 Å². The van der Waals surface area contributed by atoms with Crippen LogP contribution in [0.2, 0.25) is 0 Å². The smallest absolute Gasteiger partial charge is 0.390 e. The standard InChI is InChI=1S/C22H28F3N3O3/c1-2-4-13-7-8-17-18-15(11-28(17)21(13)31)16(12-29)19(20(30)26-14-5-3-6-14)27(18)10-9-22(23,24)25/h2,4,7-8,14-16,18-19,29H,3,5-6,9-12H2,1H3,(H,26,30)/b4-2+/t15-,16-,18+,19-/m1/s1. The van der Waals surface area contributed by atoms with Gasteiger partial charge < -0.3 is 15.0 Å². The molecular weight excluding hydrogens is 411 g/mol. The molecule has 3 aliphatic rings. The van der Waals surface area contributed by atoms with E-state index in [4.69, 9.17) is 0 Å². The van der Waals surface area contributed by atoms with Crippen molar-refractivity contribution in [3.8, 4) is 0 Å². The van der Waals surface area contributed by atoms with Gasteiger partial charge >= 0.3 is 6.18 Å². The van der Waals surface area contributed by atoms with Crippen LogP contribution in [-0.2, 0) is 11.3 Å². The van der Waals surface area contributed by atoms with Gasteiger partial charge in [0.05, 0.1) is 18.5 Å². The predicted octanol–water partition coefficient (Wildman–Crippen LogP) is 2.47. The molecule has 0 radical (unpaired) electrons. The second kappa shape index (κ2) is 8.43. The molecule has 2 fully saturated rings. The number of rotatable bonds is 6. The molecule has 170 valence electrons. The first kappa shape index (κ1) is 22.1. The topological polar surface area (TPSA) is 74.6 Å². The number of amides is 1. The molecule has 1 aliphatic carbocycles. The Morgan fingerprint density at radius 1 is 1.32 bits per heavy atom. The van der Waals surface area contributed by atoms with Crippen LogP contribution in [0.5, 0.6) is 0 Å². The van der Waals surface area contributed by atoms with Crippen LogP contribution >= 0.6 is 0 Å². The van der Waals surface area contributed by atoms with Gasteiger partial charge in [-0.05, 0) is 38.3 Å². The first-order chi connectivity index (χ1) is 14.7. The number of carbonyl (C=O) groups is 1. The third-order valence-corrected chi connectivity index (χ3v) is 6.94. The van der Waals surface area contributed by atoms with E-state index >= 15 is 0 Å². The fourth-order valence-electron chi connectivity index (χ4n) is 5.28. The monoisotopic (exact) mass is 439 g/mol. The maximum absolute atomic E-state index is 13.1. The number of halogens is 3. The van der Waals surface area contributed by atoms with Gasteiger partial charge in [0.25, 0.3) is 5.56 Å². The number of nitrogens with zero attached hydrogens (tertiary/aromatic N) is 2. The van der Waals surface area contributed by atoms with Crippen LogP contribution in [0.15, 0.2) is 23.0 Å². The third-order valence-electron chi connectivity index (χ3n) is 6.94. The number of allylic oxidation sites excluding steroid dienone is 1. The number of nitrogens with one attached hydrogen (secondary N) is 1. The van der Waals surface area contributed by atoms with Crippen molar-refractivity contribution in [1.29, 1.82) is 0 Å². The van der Waals surface area contributed by atoms with Gasteiger partial charge in [0, 0.05) is 48.8 Å². The lowest BCUT2D eigenvalue weighted by Crippen LogP contribution is -2.52. The van der Waals surface area contributed by atoms with E-state index < -0.39 is 30.6 Å². The number of aliphatic hydroxyl groups is 1. The highest BCUT2D eigenvalue weighted by Gasteiger charge is 2.56. The average molecular weight is 439 g/mol. The van der Waals surface area contributed by atoms with Crippen LogP contribution in [0.25, 0.3) is 6.08 Å². The Hall–Kier alpha value is -2.13. The van der Waals surface area contributed by atoms with E-state index in [0.717, 1.165) is 19.3 Å². The van der Waals surface area contributed by atoms with Crippen molar-refractivity contribution in [3.63, 3.8) is 0 Å². The lowest BCUT2D eigenvalue weighted by atomic mass is 9.87. The summed E-state index contributed by atoms with van der Waals surface area (Å²) in [5.41, 5.74) is 0.920. The molecule has 2 aliphatic heterocycles. The van der Waals surface area contributed by atoms with Crippen molar-refractivity contribution < 1.29 is 23.1 Å². The lowest BCUT2D eigenvalue weighted by molar-refractivity contribution is -0.143. The van der Waals surface area contributed by atoms with Gasteiger partial charge in [-0.3, -0.25) is 14.5 Å². The molecule has 1 saturated carbocycles. The Morgan fingerprint density at radius 3 is 2.65 bits per heavy atom. The van der Waals surface area contributed by atoms with Gasteiger partial charge in [-0.15, -0.1) is 0 Å². The molecule has 4 atom stereocenters. The highest BCUT2D eigenvalue weighted by atomic mass is 19.4. The zero-order valence-corrected chi connectivity index (χ0v) is 17.4. The second-order valence-corrected chi connectivity index (χ2v) is 8.77. The van der Waals surface area contributed by atoms with E-state index in [-0.39, 0.29) is 43.1 Å². The fourth-order valence-corrected chi connectivity index (χ4v) is 5.28. The number of likely N-dealkylation sites (tertiary alicyclic amines) is 1. The average Bonchev–Trinajstić information content (AvgIpc) is 3.19. The molecule has 0 spiro atoms. The summed E-state index contributed by atoms with van der Waals surface area (Å²) in [4.78, 5) is 27.5. The van der Waals surface area contributed by atoms with E-state index in [0.29, 0.717) is 11.3 Å². The van der Waals surface area contributed by atoms with Crippen molar-refractivity contribution in [2.45, 2.75) is 63.5 Å². The van der Waals surface area contributed by atoms with E-state index in [1.165, 1.54) is 0 Å². The summed E-state index contributed by atoms with van der Waals surface area (Å²) in [5.74, 6) is -1.16. The zero-order valence-electron chi connectivity index (χ0n) is 17.4. The Kier molecular flexibility index (Phi) is 6.00. The SMILES string of the molecule is C/C=C/c1ccc2n(c1=O)C[C@@H]1[C@@H](CO)[C@H](C(=O)NC3CCC3)N(CCC(F)(F)F)[C@H]21. The van der Waals surface area contributed by atoms with Crippen LogP contribution in [0.1, 0.15) is 49.9 Å². The summed E-state index contributed by atoms with van der Waals surface area (Å²) in [5, 5.41) is 13.1. The predicted molar refractivity (Wildman–Crippen MR) is 109 cm³/mol. The molecule has 3 heterocycles. The maximum Gasteiger partial charge on any atom is 0.390 e.